The minimum absolute atomic E-state index is 0.250. The van der Waals surface area contributed by atoms with Crippen LogP contribution in [0.15, 0.2) is 12.1 Å². The Bertz CT molecular complexity index is 413. The highest BCUT2D eigenvalue weighted by Gasteiger charge is 2.08. The summed E-state index contributed by atoms with van der Waals surface area (Å²) in [4.78, 5) is 4.13. The highest BCUT2D eigenvalue weighted by molar-refractivity contribution is 7.22. The number of thiazole rings is 1. The lowest BCUT2D eigenvalue weighted by atomic mass is 10.2. The van der Waals surface area contributed by atoms with Gasteiger partial charge in [-0.1, -0.05) is 17.4 Å². The summed E-state index contributed by atoms with van der Waals surface area (Å²) in [7, 11) is 0. The molecular weight excluding hydrogens is 189 g/mol. The molecule has 1 aromatic heterocycles. The van der Waals surface area contributed by atoms with Crippen LogP contribution in [-0.2, 0) is 0 Å². The van der Waals surface area contributed by atoms with Crippen LogP contribution in [0.2, 0.25) is 0 Å². The van der Waals surface area contributed by atoms with E-state index in [0.29, 0.717) is 15.3 Å². The van der Waals surface area contributed by atoms with Crippen LogP contribution in [0.1, 0.15) is 5.56 Å². The standard InChI is InChI=1S/C8H8FN3S/c1-4-2-3-5(9)7-6(4)11-8(12-10)13-7/h2-3H,10H2,1H3,(H,11,12). The van der Waals surface area contributed by atoms with Gasteiger partial charge in [0.2, 0.25) is 0 Å². The van der Waals surface area contributed by atoms with E-state index in [4.69, 9.17) is 5.84 Å². The summed E-state index contributed by atoms with van der Waals surface area (Å²) in [5.41, 5.74) is 4.04. The quantitative estimate of drug-likeness (QED) is 0.543. The van der Waals surface area contributed by atoms with Crippen LogP contribution < -0.4 is 11.3 Å². The van der Waals surface area contributed by atoms with Gasteiger partial charge in [0.15, 0.2) is 5.13 Å². The molecule has 3 nitrogen and oxygen atoms in total. The predicted molar refractivity (Wildman–Crippen MR) is 52.1 cm³/mol. The van der Waals surface area contributed by atoms with Gasteiger partial charge < -0.3 is 0 Å². The molecule has 13 heavy (non-hydrogen) atoms. The number of nitrogen functional groups attached to an aromatic ring is 1. The smallest absolute Gasteiger partial charge is 0.198 e. The lowest BCUT2D eigenvalue weighted by Crippen LogP contribution is -2.05. The van der Waals surface area contributed by atoms with Gasteiger partial charge in [0.05, 0.1) is 10.2 Å². The molecule has 0 spiro atoms. The average molecular weight is 197 g/mol. The number of nitrogens with zero attached hydrogens (tertiary/aromatic N) is 1. The van der Waals surface area contributed by atoms with Gasteiger partial charge in [-0.15, -0.1) is 0 Å². The number of anilines is 1. The molecule has 0 unspecified atom stereocenters. The number of hydrogen-bond acceptors (Lipinski definition) is 4. The second kappa shape index (κ2) is 2.93. The van der Waals surface area contributed by atoms with Crippen LogP contribution in [0.25, 0.3) is 10.2 Å². The Hall–Kier alpha value is -1.20. The van der Waals surface area contributed by atoms with Gasteiger partial charge in [-0.3, -0.25) is 5.43 Å². The molecule has 0 aliphatic heterocycles. The van der Waals surface area contributed by atoms with Gasteiger partial charge in [-0.2, -0.15) is 0 Å². The molecule has 2 rings (SSSR count). The van der Waals surface area contributed by atoms with Gasteiger partial charge in [-0.05, 0) is 18.6 Å². The van der Waals surface area contributed by atoms with Crippen LogP contribution in [0, 0.1) is 12.7 Å². The van der Waals surface area contributed by atoms with Crippen molar-refractivity contribution in [3.63, 3.8) is 0 Å². The molecule has 1 aromatic carbocycles. The first-order valence-electron chi connectivity index (χ1n) is 3.74. The van der Waals surface area contributed by atoms with Gasteiger partial charge >= 0.3 is 0 Å². The Kier molecular flexibility index (Phi) is 1.90. The SMILES string of the molecule is Cc1ccc(F)c2sc(NN)nc12. The number of hydrogen-bond donors (Lipinski definition) is 2. The van der Waals surface area contributed by atoms with Crippen LogP contribution in [0.3, 0.4) is 0 Å². The third-order valence-electron chi connectivity index (χ3n) is 1.82. The Morgan fingerprint density at radius 1 is 1.54 bits per heavy atom. The summed E-state index contributed by atoms with van der Waals surface area (Å²) in [6, 6.07) is 3.15. The van der Waals surface area contributed by atoms with E-state index in [1.807, 2.05) is 6.92 Å². The number of benzene rings is 1. The molecule has 0 bridgehead atoms. The Morgan fingerprint density at radius 2 is 2.31 bits per heavy atom. The van der Waals surface area contributed by atoms with Crippen molar-refractivity contribution in [3.8, 4) is 0 Å². The van der Waals surface area contributed by atoms with Crippen molar-refractivity contribution < 1.29 is 4.39 Å². The molecule has 0 aliphatic carbocycles. The maximum atomic E-state index is 13.2. The Morgan fingerprint density at radius 3 is 2.92 bits per heavy atom. The Labute approximate surface area is 78.4 Å². The number of nitrogens with two attached hydrogens (primary N) is 1. The topological polar surface area (TPSA) is 50.9 Å². The number of hydrazine groups is 1. The zero-order valence-corrected chi connectivity index (χ0v) is 7.78. The number of halogens is 1. The van der Waals surface area contributed by atoms with Crippen molar-refractivity contribution in [2.75, 3.05) is 5.43 Å². The first-order chi connectivity index (χ1) is 6.22. The van der Waals surface area contributed by atoms with Gasteiger partial charge in [0.1, 0.15) is 5.82 Å². The second-order valence-electron chi connectivity index (χ2n) is 2.71. The number of aromatic nitrogens is 1. The van der Waals surface area contributed by atoms with Gasteiger partial charge in [-0.25, -0.2) is 15.2 Å². The summed E-state index contributed by atoms with van der Waals surface area (Å²) in [6.07, 6.45) is 0. The first-order valence-corrected chi connectivity index (χ1v) is 4.56. The summed E-state index contributed by atoms with van der Waals surface area (Å²) < 4.78 is 13.8. The molecule has 0 radical (unpaired) electrons. The number of aryl methyl sites for hydroxylation is 1. The second-order valence-corrected chi connectivity index (χ2v) is 3.70. The monoisotopic (exact) mass is 197 g/mol. The molecule has 0 saturated heterocycles. The van der Waals surface area contributed by atoms with Crippen molar-refractivity contribution >= 4 is 26.7 Å². The normalized spacial score (nSPS) is 10.7. The van der Waals surface area contributed by atoms with Crippen LogP contribution in [0.5, 0.6) is 0 Å². The molecule has 68 valence electrons. The van der Waals surface area contributed by atoms with Crippen LogP contribution in [0.4, 0.5) is 9.52 Å². The molecule has 3 N–H and O–H groups in total. The maximum absolute atomic E-state index is 13.2. The largest absolute Gasteiger partial charge is 0.300 e. The zero-order valence-electron chi connectivity index (χ0n) is 6.97. The molecule has 2 aromatic rings. The number of rotatable bonds is 1. The molecule has 0 atom stereocenters. The molecule has 0 aliphatic rings. The van der Waals surface area contributed by atoms with Crippen molar-refractivity contribution in [2.45, 2.75) is 6.92 Å². The fraction of sp³-hybridized carbons (Fsp3) is 0.125. The summed E-state index contributed by atoms with van der Waals surface area (Å²) in [6.45, 7) is 1.89. The molecule has 0 saturated carbocycles. The van der Waals surface area contributed by atoms with Crippen LogP contribution >= 0.6 is 11.3 Å². The fourth-order valence-electron chi connectivity index (χ4n) is 1.16. The number of nitrogens with one attached hydrogen (secondary N) is 1. The highest BCUT2D eigenvalue weighted by Crippen LogP contribution is 2.29. The molecular formula is C8H8FN3S. The van der Waals surface area contributed by atoms with Crippen molar-refractivity contribution in [3.05, 3.63) is 23.5 Å². The highest BCUT2D eigenvalue weighted by atomic mass is 32.1. The average Bonchev–Trinajstić information content (AvgIpc) is 2.56. The molecule has 1 heterocycles. The minimum atomic E-state index is -0.250. The molecule has 0 amide bonds. The molecule has 5 heteroatoms. The van der Waals surface area contributed by atoms with E-state index in [9.17, 15) is 4.39 Å². The van der Waals surface area contributed by atoms with E-state index in [0.717, 1.165) is 5.56 Å². The Balaban J connectivity index is 2.80. The van der Waals surface area contributed by atoms with Crippen molar-refractivity contribution in [2.24, 2.45) is 5.84 Å². The van der Waals surface area contributed by atoms with Crippen molar-refractivity contribution in [1.82, 2.24) is 4.98 Å². The summed E-state index contributed by atoms with van der Waals surface area (Å²) >= 11 is 1.22. The summed E-state index contributed by atoms with van der Waals surface area (Å²) in [5, 5.41) is 0.531. The third kappa shape index (κ3) is 1.26. The van der Waals surface area contributed by atoms with E-state index in [-0.39, 0.29) is 5.82 Å². The maximum Gasteiger partial charge on any atom is 0.198 e. The van der Waals surface area contributed by atoms with Gasteiger partial charge in [0, 0.05) is 0 Å². The van der Waals surface area contributed by atoms with Gasteiger partial charge in [0.25, 0.3) is 0 Å². The fourth-order valence-corrected chi connectivity index (χ4v) is 2.02. The van der Waals surface area contributed by atoms with E-state index >= 15 is 0 Å². The predicted octanol–water partition coefficient (Wildman–Crippen LogP) is 2.03. The number of fused-ring (bicyclic) bond motifs is 1. The van der Waals surface area contributed by atoms with E-state index < -0.39 is 0 Å². The van der Waals surface area contributed by atoms with E-state index in [1.165, 1.54) is 17.4 Å². The third-order valence-corrected chi connectivity index (χ3v) is 2.82. The lowest BCUT2D eigenvalue weighted by Gasteiger charge is -1.93. The molecule has 0 fully saturated rings. The zero-order chi connectivity index (χ0) is 9.42. The van der Waals surface area contributed by atoms with Crippen molar-refractivity contribution in [1.29, 1.82) is 0 Å². The van der Waals surface area contributed by atoms with Crippen LogP contribution in [-0.4, -0.2) is 4.98 Å². The van der Waals surface area contributed by atoms with E-state index in [2.05, 4.69) is 10.4 Å². The lowest BCUT2D eigenvalue weighted by molar-refractivity contribution is 0.641. The summed E-state index contributed by atoms with van der Waals surface area (Å²) in [5.74, 6) is 4.94. The first kappa shape index (κ1) is 8.40. The minimum Gasteiger partial charge on any atom is -0.300 e. The van der Waals surface area contributed by atoms with E-state index in [1.54, 1.807) is 6.07 Å².